The molecule has 7 heteroatoms. The fourth-order valence-corrected chi connectivity index (χ4v) is 4.05. The number of rotatable bonds is 2. The van der Waals surface area contributed by atoms with Crippen LogP contribution in [0.4, 0.5) is 0 Å². The van der Waals surface area contributed by atoms with Gasteiger partial charge in [-0.3, -0.25) is 4.79 Å². The molecule has 2 aromatic carbocycles. The Morgan fingerprint density at radius 3 is 2.82 bits per heavy atom. The summed E-state index contributed by atoms with van der Waals surface area (Å²) in [4.78, 5) is 14.8. The first-order valence-electron chi connectivity index (χ1n) is 9.42. The molecular weight excluding hydrogens is 382 g/mol. The standard InChI is InChI=1S/C21H20ClNO5/c1-23-7-6-12(17(27)10-23)19-14(24)8-15(25)20-16(26)9-18(28-21(19)20)11-4-2-3-5-13(11)22/h2-5,8-9,12,17,24-25,27H,6-7,10H2,1H3/i2D. The van der Waals surface area contributed by atoms with E-state index in [1.807, 2.05) is 11.9 Å². The molecule has 1 saturated heterocycles. The molecule has 0 radical (unpaired) electrons. The molecule has 0 aliphatic carbocycles. The highest BCUT2D eigenvalue weighted by atomic mass is 35.5. The van der Waals surface area contributed by atoms with Gasteiger partial charge in [0.2, 0.25) is 0 Å². The number of likely N-dealkylation sites (tertiary alicyclic amines) is 1. The van der Waals surface area contributed by atoms with Crippen LogP contribution in [0.3, 0.4) is 0 Å². The molecule has 2 unspecified atom stereocenters. The van der Waals surface area contributed by atoms with Gasteiger partial charge >= 0.3 is 0 Å². The van der Waals surface area contributed by atoms with Crippen molar-refractivity contribution in [1.82, 2.24) is 4.90 Å². The van der Waals surface area contributed by atoms with Gasteiger partial charge in [0.05, 0.1) is 12.5 Å². The molecule has 2 heterocycles. The summed E-state index contributed by atoms with van der Waals surface area (Å²) in [6.07, 6.45) is -0.233. The van der Waals surface area contributed by atoms with Gasteiger partial charge in [-0.1, -0.05) is 23.7 Å². The Kier molecular flexibility index (Phi) is 4.47. The molecule has 146 valence electrons. The molecule has 3 aromatic rings. The number of hydrogen-bond acceptors (Lipinski definition) is 6. The zero-order valence-corrected chi connectivity index (χ0v) is 15.9. The lowest BCUT2D eigenvalue weighted by molar-refractivity contribution is 0.0630. The van der Waals surface area contributed by atoms with Gasteiger partial charge in [-0.05, 0) is 32.1 Å². The third kappa shape index (κ3) is 3.13. The van der Waals surface area contributed by atoms with Crippen LogP contribution in [0.2, 0.25) is 5.02 Å². The Morgan fingerprint density at radius 2 is 2.07 bits per heavy atom. The number of piperidine rings is 1. The van der Waals surface area contributed by atoms with Crippen LogP contribution >= 0.6 is 11.6 Å². The number of fused-ring (bicyclic) bond motifs is 1. The first-order valence-corrected chi connectivity index (χ1v) is 9.30. The average molecular weight is 403 g/mol. The van der Waals surface area contributed by atoms with Gasteiger partial charge < -0.3 is 24.6 Å². The van der Waals surface area contributed by atoms with Crippen molar-refractivity contribution in [2.75, 3.05) is 20.1 Å². The smallest absolute Gasteiger partial charge is 0.197 e. The zero-order valence-electron chi connectivity index (χ0n) is 16.1. The summed E-state index contributed by atoms with van der Waals surface area (Å²) in [6, 6.07) is 7.02. The Morgan fingerprint density at radius 1 is 1.29 bits per heavy atom. The van der Waals surface area contributed by atoms with E-state index in [4.69, 9.17) is 17.4 Å². The summed E-state index contributed by atoms with van der Waals surface area (Å²) in [7, 11) is 1.89. The SMILES string of the molecule is [2H]c1ccc(Cl)c(-c2cc(=O)c3c(O)cc(O)c(C4CCN(C)CC4O)c3o2)c1. The van der Waals surface area contributed by atoms with Crippen molar-refractivity contribution in [3.63, 3.8) is 0 Å². The van der Waals surface area contributed by atoms with Crippen LogP contribution in [-0.4, -0.2) is 46.5 Å². The summed E-state index contributed by atoms with van der Waals surface area (Å²) >= 11 is 6.23. The molecule has 0 bridgehead atoms. The first kappa shape index (κ1) is 17.6. The number of likely N-dealkylation sites (N-methyl/N-ethyl adjacent to an activating group) is 1. The molecule has 2 atom stereocenters. The van der Waals surface area contributed by atoms with Gasteiger partial charge in [-0.15, -0.1) is 0 Å². The molecule has 1 fully saturated rings. The lowest BCUT2D eigenvalue weighted by atomic mass is 9.85. The van der Waals surface area contributed by atoms with Gasteiger partial charge in [0.1, 0.15) is 28.2 Å². The minimum absolute atomic E-state index is 0.0186. The van der Waals surface area contributed by atoms with E-state index < -0.39 is 23.2 Å². The number of phenols is 2. The maximum absolute atomic E-state index is 12.8. The third-order valence-corrected chi connectivity index (χ3v) is 5.56. The predicted molar refractivity (Wildman–Crippen MR) is 107 cm³/mol. The summed E-state index contributed by atoms with van der Waals surface area (Å²) in [5.74, 6) is -0.991. The highest BCUT2D eigenvalue weighted by Crippen LogP contribution is 2.42. The van der Waals surface area contributed by atoms with Crippen LogP contribution in [0.25, 0.3) is 22.3 Å². The van der Waals surface area contributed by atoms with E-state index in [2.05, 4.69) is 0 Å². The Bertz CT molecular complexity index is 1160. The highest BCUT2D eigenvalue weighted by molar-refractivity contribution is 6.33. The zero-order chi connectivity index (χ0) is 20.9. The summed E-state index contributed by atoms with van der Waals surface area (Å²) in [6.45, 7) is 1.10. The van der Waals surface area contributed by atoms with Gasteiger partial charge in [0, 0.05) is 35.7 Å². The number of halogens is 1. The van der Waals surface area contributed by atoms with Crippen molar-refractivity contribution in [2.24, 2.45) is 0 Å². The van der Waals surface area contributed by atoms with Crippen LogP contribution in [0.1, 0.15) is 19.3 Å². The molecule has 3 N–H and O–H groups in total. The van der Waals surface area contributed by atoms with Crippen LogP contribution in [0, 0.1) is 0 Å². The Labute approximate surface area is 167 Å². The van der Waals surface area contributed by atoms with E-state index in [1.165, 1.54) is 24.3 Å². The molecule has 28 heavy (non-hydrogen) atoms. The normalized spacial score (nSPS) is 21.0. The lowest BCUT2D eigenvalue weighted by Crippen LogP contribution is -2.40. The molecule has 0 amide bonds. The molecule has 1 aromatic heterocycles. The van der Waals surface area contributed by atoms with E-state index in [-0.39, 0.29) is 34.1 Å². The predicted octanol–water partition coefficient (Wildman–Crippen LogP) is 3.30. The molecule has 4 rings (SSSR count). The first-order chi connectivity index (χ1) is 13.8. The van der Waals surface area contributed by atoms with E-state index in [1.54, 1.807) is 0 Å². The Balaban J connectivity index is 2.00. The van der Waals surface area contributed by atoms with Crippen molar-refractivity contribution in [3.8, 4) is 22.8 Å². The number of nitrogens with zero attached hydrogens (tertiary/aromatic N) is 1. The van der Waals surface area contributed by atoms with Crippen molar-refractivity contribution in [1.29, 1.82) is 0 Å². The maximum Gasteiger partial charge on any atom is 0.197 e. The Hall–Kier alpha value is -2.54. The number of phenolic OH excluding ortho intramolecular Hbond substituents is 2. The number of β-amino-alcohol motifs (C(OH)–C–C–N with tert-alkyl or cyclic N) is 1. The number of aliphatic hydroxyl groups excluding tert-OH is 1. The molecular formula is C21H20ClNO5. The topological polar surface area (TPSA) is 94.1 Å². The summed E-state index contributed by atoms with van der Waals surface area (Å²) in [5.41, 5.74) is 0.158. The maximum atomic E-state index is 12.8. The van der Waals surface area contributed by atoms with E-state index in [0.29, 0.717) is 30.1 Å². The number of benzene rings is 2. The molecule has 6 nitrogen and oxygen atoms in total. The molecule has 1 aliphatic rings. The molecule has 0 spiro atoms. The fraction of sp³-hybridized carbons (Fsp3) is 0.286. The van der Waals surface area contributed by atoms with Crippen LogP contribution in [0.15, 0.2) is 45.6 Å². The molecule has 1 aliphatic heterocycles. The highest BCUT2D eigenvalue weighted by Gasteiger charge is 2.33. The van der Waals surface area contributed by atoms with Crippen molar-refractivity contribution in [2.45, 2.75) is 18.4 Å². The largest absolute Gasteiger partial charge is 0.507 e. The van der Waals surface area contributed by atoms with E-state index >= 15 is 0 Å². The fourth-order valence-electron chi connectivity index (χ4n) is 3.84. The van der Waals surface area contributed by atoms with E-state index in [0.717, 1.165) is 6.07 Å². The van der Waals surface area contributed by atoms with Crippen LogP contribution in [-0.2, 0) is 0 Å². The second kappa shape index (κ2) is 7.13. The quantitative estimate of drug-likeness (QED) is 0.609. The number of hydrogen-bond donors (Lipinski definition) is 3. The summed E-state index contributed by atoms with van der Waals surface area (Å²) in [5, 5.41) is 31.7. The second-order valence-electron chi connectivity index (χ2n) is 7.14. The lowest BCUT2D eigenvalue weighted by Gasteiger charge is -2.34. The van der Waals surface area contributed by atoms with Crippen molar-refractivity contribution >= 4 is 22.6 Å². The number of aliphatic hydroxyl groups is 1. The van der Waals surface area contributed by atoms with Gasteiger partial charge in [-0.25, -0.2) is 0 Å². The van der Waals surface area contributed by atoms with Crippen molar-refractivity contribution < 1.29 is 21.1 Å². The summed E-state index contributed by atoms with van der Waals surface area (Å²) < 4.78 is 13.8. The minimum atomic E-state index is -0.776. The molecule has 0 saturated carbocycles. The number of aromatic hydroxyl groups is 2. The van der Waals surface area contributed by atoms with Gasteiger partial charge in [0.15, 0.2) is 5.43 Å². The van der Waals surface area contributed by atoms with Crippen LogP contribution in [0.5, 0.6) is 11.5 Å². The second-order valence-corrected chi connectivity index (χ2v) is 7.55. The average Bonchev–Trinajstić information content (AvgIpc) is 2.64. The van der Waals surface area contributed by atoms with Crippen molar-refractivity contribution in [3.05, 3.63) is 57.2 Å². The monoisotopic (exact) mass is 402 g/mol. The minimum Gasteiger partial charge on any atom is -0.507 e. The van der Waals surface area contributed by atoms with E-state index in [9.17, 15) is 20.1 Å². The van der Waals surface area contributed by atoms with Gasteiger partial charge in [0.25, 0.3) is 0 Å². The van der Waals surface area contributed by atoms with Crippen LogP contribution < -0.4 is 5.43 Å². The van der Waals surface area contributed by atoms with Gasteiger partial charge in [-0.2, -0.15) is 0 Å². The third-order valence-electron chi connectivity index (χ3n) is 5.23.